The van der Waals surface area contributed by atoms with E-state index in [0.29, 0.717) is 28.4 Å². The number of likely N-dealkylation sites (N-methyl/N-ethyl adjacent to an activating group) is 1. The zero-order chi connectivity index (χ0) is 27.3. The molecule has 7 nitrogen and oxygen atoms in total. The van der Waals surface area contributed by atoms with E-state index in [4.69, 9.17) is 4.98 Å². The minimum atomic E-state index is -0.798. The summed E-state index contributed by atoms with van der Waals surface area (Å²) in [6.07, 6.45) is 4.72. The topological polar surface area (TPSA) is 80.1 Å². The van der Waals surface area contributed by atoms with Crippen molar-refractivity contribution in [3.05, 3.63) is 92.3 Å². The number of hydrogen-bond donors (Lipinski definition) is 1. The minimum Gasteiger partial charge on any atom is -0.324 e. The number of halogens is 1. The van der Waals surface area contributed by atoms with E-state index in [1.54, 1.807) is 16.8 Å². The molecule has 3 heterocycles. The van der Waals surface area contributed by atoms with Gasteiger partial charge in [0, 0.05) is 34.8 Å². The number of carbonyl (C=O) groups excluding carboxylic acids is 1. The fraction of sp³-hybridized carbons (Fsp3) is 0.355. The fourth-order valence-corrected chi connectivity index (χ4v) is 6.58. The lowest BCUT2D eigenvalue weighted by Gasteiger charge is -2.39. The predicted molar refractivity (Wildman–Crippen MR) is 158 cm³/mol. The number of pyridine rings is 1. The van der Waals surface area contributed by atoms with Gasteiger partial charge in [0.05, 0.1) is 10.5 Å². The van der Waals surface area contributed by atoms with E-state index in [0.717, 1.165) is 35.3 Å². The normalized spacial score (nSPS) is 21.1. The van der Waals surface area contributed by atoms with Crippen molar-refractivity contribution < 1.29 is 4.79 Å². The number of nitrogens with one attached hydrogen (secondary N) is 1. The van der Waals surface area contributed by atoms with E-state index in [-0.39, 0.29) is 11.3 Å². The lowest BCUT2D eigenvalue weighted by atomic mass is 9.69. The standard InChI is InChI=1S/C31H32BrN5O2/c1-31(2)26(16-20-7-4-5-9-24(20)27(31)38)37-28-22(15-25(32)29(37)39)17-33-30(35-28)34-23-12-10-19(11-13-23)21-8-6-14-36(3)18-21/h4-5,7,9-13,15,17,21,26H,6,8,14,16,18H2,1-3H3,(H,33,34,35). The first-order chi connectivity index (χ1) is 18.7. The van der Waals surface area contributed by atoms with Gasteiger partial charge in [-0.2, -0.15) is 4.98 Å². The fourth-order valence-electron chi connectivity index (χ4n) is 6.14. The molecular weight excluding hydrogens is 554 g/mol. The molecule has 39 heavy (non-hydrogen) atoms. The van der Waals surface area contributed by atoms with Crippen LogP contribution in [0.4, 0.5) is 11.6 Å². The highest BCUT2D eigenvalue weighted by Gasteiger charge is 2.44. The molecule has 1 aliphatic carbocycles. The molecule has 2 aliphatic rings. The zero-order valence-electron chi connectivity index (χ0n) is 22.4. The maximum atomic E-state index is 13.6. The molecule has 200 valence electrons. The number of Topliss-reactive ketones (excluding diaryl/α,β-unsaturated/α-hetero) is 1. The number of rotatable bonds is 4. The predicted octanol–water partition coefficient (Wildman–Crippen LogP) is 6.11. The van der Waals surface area contributed by atoms with Crippen molar-refractivity contribution >= 4 is 44.4 Å². The van der Waals surface area contributed by atoms with E-state index in [1.165, 1.54) is 18.4 Å². The van der Waals surface area contributed by atoms with Crippen molar-refractivity contribution in [2.24, 2.45) is 5.41 Å². The summed E-state index contributed by atoms with van der Waals surface area (Å²) < 4.78 is 2.10. The number of likely N-dealkylation sites (tertiary alicyclic amines) is 1. The first-order valence-electron chi connectivity index (χ1n) is 13.5. The second-order valence-electron chi connectivity index (χ2n) is 11.4. The summed E-state index contributed by atoms with van der Waals surface area (Å²) in [6, 6.07) is 17.5. The van der Waals surface area contributed by atoms with Gasteiger partial charge < -0.3 is 10.2 Å². The Hall–Kier alpha value is -3.36. The van der Waals surface area contributed by atoms with E-state index in [2.05, 4.69) is 62.4 Å². The molecule has 1 saturated heterocycles. The van der Waals surface area contributed by atoms with Crippen LogP contribution in [0.3, 0.4) is 0 Å². The Morgan fingerprint density at radius 2 is 1.85 bits per heavy atom. The molecule has 1 N–H and O–H groups in total. The molecule has 0 amide bonds. The summed E-state index contributed by atoms with van der Waals surface area (Å²) in [4.78, 5) is 38.9. The largest absolute Gasteiger partial charge is 0.324 e. The number of nitrogens with zero attached hydrogens (tertiary/aromatic N) is 4. The van der Waals surface area contributed by atoms with Gasteiger partial charge in [-0.3, -0.25) is 14.2 Å². The average molecular weight is 587 g/mol. The summed E-state index contributed by atoms with van der Waals surface area (Å²) in [6.45, 7) is 6.08. The van der Waals surface area contributed by atoms with Gasteiger partial charge in [0.1, 0.15) is 5.65 Å². The molecule has 2 aromatic heterocycles. The van der Waals surface area contributed by atoms with Gasteiger partial charge in [0.25, 0.3) is 5.56 Å². The van der Waals surface area contributed by atoms with Gasteiger partial charge in [-0.15, -0.1) is 0 Å². The summed E-state index contributed by atoms with van der Waals surface area (Å²) in [5.41, 5.74) is 3.40. The number of anilines is 2. The lowest BCUT2D eigenvalue weighted by molar-refractivity contribution is 0.0724. The van der Waals surface area contributed by atoms with Crippen molar-refractivity contribution in [3.63, 3.8) is 0 Å². The first kappa shape index (κ1) is 25.9. The van der Waals surface area contributed by atoms with Crippen LogP contribution in [-0.4, -0.2) is 45.4 Å². The Morgan fingerprint density at radius 3 is 2.62 bits per heavy atom. The number of benzene rings is 2. The van der Waals surface area contributed by atoms with Gasteiger partial charge in [0.15, 0.2) is 5.78 Å². The van der Waals surface area contributed by atoms with Gasteiger partial charge in [-0.05, 0) is 84.0 Å². The van der Waals surface area contributed by atoms with Crippen LogP contribution in [0.2, 0.25) is 0 Å². The van der Waals surface area contributed by atoms with Crippen molar-refractivity contribution in [1.82, 2.24) is 19.4 Å². The quantitative estimate of drug-likeness (QED) is 0.311. The maximum Gasteiger partial charge on any atom is 0.266 e. The number of carbonyl (C=O) groups is 1. The summed E-state index contributed by atoms with van der Waals surface area (Å²) in [5.74, 6) is 0.990. The minimum absolute atomic E-state index is 0.0334. The van der Waals surface area contributed by atoms with E-state index >= 15 is 0 Å². The Balaban J connectivity index is 1.37. The molecule has 2 atom stereocenters. The number of piperidine rings is 1. The molecular formula is C31H32BrN5O2. The average Bonchev–Trinajstić information content (AvgIpc) is 2.93. The third-order valence-electron chi connectivity index (χ3n) is 8.40. The molecule has 2 aromatic carbocycles. The SMILES string of the molecule is CN1CCCC(c2ccc(Nc3ncc4cc(Br)c(=O)n(C5Cc6ccccc6C(=O)C5(C)C)c4n3)cc2)C1. The van der Waals surface area contributed by atoms with E-state index in [9.17, 15) is 9.59 Å². The van der Waals surface area contributed by atoms with Gasteiger partial charge in [-0.25, -0.2) is 4.98 Å². The Bertz CT molecular complexity index is 1630. The molecule has 2 unspecified atom stereocenters. The van der Waals surface area contributed by atoms with Crippen molar-refractivity contribution in [1.29, 1.82) is 0 Å². The summed E-state index contributed by atoms with van der Waals surface area (Å²) in [5, 5.41) is 4.05. The van der Waals surface area contributed by atoms with Crippen molar-refractivity contribution in [2.75, 3.05) is 25.5 Å². The third-order valence-corrected chi connectivity index (χ3v) is 8.97. The van der Waals surface area contributed by atoms with Gasteiger partial charge in [0.2, 0.25) is 5.95 Å². The summed E-state index contributed by atoms with van der Waals surface area (Å²) >= 11 is 3.44. The van der Waals surface area contributed by atoms with E-state index < -0.39 is 11.5 Å². The van der Waals surface area contributed by atoms with E-state index in [1.807, 2.05) is 38.1 Å². The van der Waals surface area contributed by atoms with Crippen LogP contribution in [0, 0.1) is 5.41 Å². The van der Waals surface area contributed by atoms with Gasteiger partial charge >= 0.3 is 0 Å². The van der Waals surface area contributed by atoms with Crippen LogP contribution in [0.1, 0.15) is 60.1 Å². The second-order valence-corrected chi connectivity index (χ2v) is 12.3. The highest BCUT2D eigenvalue weighted by Crippen LogP contribution is 2.43. The Kier molecular flexibility index (Phi) is 6.63. The van der Waals surface area contributed by atoms with Crippen molar-refractivity contribution in [3.8, 4) is 0 Å². The highest BCUT2D eigenvalue weighted by atomic mass is 79.9. The molecule has 4 aromatic rings. The third kappa shape index (κ3) is 4.70. The van der Waals surface area contributed by atoms with Crippen LogP contribution in [-0.2, 0) is 6.42 Å². The number of hydrogen-bond acceptors (Lipinski definition) is 6. The second kappa shape index (κ2) is 9.99. The lowest BCUT2D eigenvalue weighted by Crippen LogP contribution is -2.44. The number of fused-ring (bicyclic) bond motifs is 2. The molecule has 0 radical (unpaired) electrons. The highest BCUT2D eigenvalue weighted by molar-refractivity contribution is 9.10. The van der Waals surface area contributed by atoms with Crippen molar-refractivity contribution in [2.45, 2.75) is 45.1 Å². The van der Waals surface area contributed by atoms with Crippen LogP contribution in [0.5, 0.6) is 0 Å². The molecule has 0 saturated carbocycles. The zero-order valence-corrected chi connectivity index (χ0v) is 24.0. The molecule has 6 rings (SSSR count). The number of aromatic nitrogens is 3. The summed E-state index contributed by atoms with van der Waals surface area (Å²) in [7, 11) is 2.18. The smallest absolute Gasteiger partial charge is 0.266 e. The van der Waals surface area contributed by atoms with Crippen LogP contribution in [0.15, 0.2) is 70.1 Å². The maximum absolute atomic E-state index is 13.6. The molecule has 0 spiro atoms. The monoisotopic (exact) mass is 585 g/mol. The number of ketones is 1. The molecule has 8 heteroatoms. The molecule has 1 aliphatic heterocycles. The first-order valence-corrected chi connectivity index (χ1v) is 14.3. The Morgan fingerprint density at radius 1 is 1.08 bits per heavy atom. The van der Waals surface area contributed by atoms with Crippen LogP contribution >= 0.6 is 15.9 Å². The van der Waals surface area contributed by atoms with Crippen LogP contribution in [0.25, 0.3) is 11.0 Å². The van der Waals surface area contributed by atoms with Crippen LogP contribution < -0.4 is 10.9 Å². The molecule has 1 fully saturated rings. The van der Waals surface area contributed by atoms with Gasteiger partial charge in [-0.1, -0.05) is 50.2 Å². The Labute approximate surface area is 236 Å². The molecule has 0 bridgehead atoms.